The number of halogens is 1. The highest BCUT2D eigenvalue weighted by atomic mass is 35.5. The number of rotatable bonds is 6. The largest absolute Gasteiger partial charge is 0.479 e. The molecular weight excluding hydrogens is 350 g/mol. The summed E-state index contributed by atoms with van der Waals surface area (Å²) in [6.07, 6.45) is 1.15. The molecule has 138 valence electrons. The summed E-state index contributed by atoms with van der Waals surface area (Å²) >= 11 is 6.10. The first-order valence-electron chi connectivity index (χ1n) is 8.93. The molecule has 0 saturated carbocycles. The van der Waals surface area contributed by atoms with Crippen molar-refractivity contribution < 1.29 is 14.3 Å². The summed E-state index contributed by atoms with van der Waals surface area (Å²) in [5.74, 6) is 0.368. The quantitative estimate of drug-likeness (QED) is 0.833. The van der Waals surface area contributed by atoms with E-state index in [-0.39, 0.29) is 11.3 Å². The van der Waals surface area contributed by atoms with Crippen molar-refractivity contribution in [2.24, 2.45) is 0 Å². The Kier molecular flexibility index (Phi) is 6.17. The molecule has 1 amide bonds. The number of carbonyl (C=O) groups is 1. The Morgan fingerprint density at radius 1 is 1.15 bits per heavy atom. The van der Waals surface area contributed by atoms with E-state index in [0.717, 1.165) is 12.8 Å². The monoisotopic (exact) mass is 373 g/mol. The number of hydrogen-bond donors (Lipinski definition) is 1. The van der Waals surface area contributed by atoms with E-state index < -0.39 is 6.10 Å². The number of nitrogens with one attached hydrogen (secondary N) is 1. The fourth-order valence-electron chi connectivity index (χ4n) is 3.31. The number of ether oxygens (including phenoxy) is 2. The average molecular weight is 374 g/mol. The van der Waals surface area contributed by atoms with Crippen LogP contribution < -0.4 is 10.1 Å². The lowest BCUT2D eigenvalue weighted by Crippen LogP contribution is -2.47. The van der Waals surface area contributed by atoms with Gasteiger partial charge in [0.1, 0.15) is 5.75 Å². The lowest BCUT2D eigenvalue weighted by molar-refractivity contribution is -0.127. The van der Waals surface area contributed by atoms with Crippen LogP contribution in [0.15, 0.2) is 54.6 Å². The van der Waals surface area contributed by atoms with Gasteiger partial charge < -0.3 is 14.8 Å². The highest BCUT2D eigenvalue weighted by molar-refractivity contribution is 6.32. The van der Waals surface area contributed by atoms with E-state index in [4.69, 9.17) is 21.1 Å². The Bertz CT molecular complexity index is 729. The van der Waals surface area contributed by atoms with Crippen molar-refractivity contribution in [2.75, 3.05) is 19.8 Å². The van der Waals surface area contributed by atoms with Crippen molar-refractivity contribution in [3.8, 4) is 5.75 Å². The van der Waals surface area contributed by atoms with E-state index in [1.807, 2.05) is 30.3 Å². The summed E-state index contributed by atoms with van der Waals surface area (Å²) in [5, 5.41) is 3.57. The van der Waals surface area contributed by atoms with Gasteiger partial charge in [0.15, 0.2) is 6.10 Å². The van der Waals surface area contributed by atoms with Crippen LogP contribution in [-0.4, -0.2) is 31.8 Å². The van der Waals surface area contributed by atoms with Gasteiger partial charge in [0, 0.05) is 25.2 Å². The molecule has 2 aromatic carbocycles. The van der Waals surface area contributed by atoms with Crippen LogP contribution in [0.5, 0.6) is 5.75 Å². The summed E-state index contributed by atoms with van der Waals surface area (Å²) in [5.41, 5.74) is 1.14. The molecule has 4 nitrogen and oxygen atoms in total. The molecule has 0 radical (unpaired) electrons. The first-order chi connectivity index (χ1) is 12.6. The SMILES string of the molecule is C[C@H](Oc1ccccc1Cl)C(=O)NCC1(c2ccccc2)CCOCC1. The minimum atomic E-state index is -0.623. The number of benzene rings is 2. The van der Waals surface area contributed by atoms with Gasteiger partial charge >= 0.3 is 0 Å². The molecule has 1 aliphatic heterocycles. The minimum absolute atomic E-state index is 0.0979. The van der Waals surface area contributed by atoms with Gasteiger partial charge in [-0.3, -0.25) is 4.79 Å². The predicted octanol–water partition coefficient (Wildman–Crippen LogP) is 3.97. The molecule has 0 aromatic heterocycles. The van der Waals surface area contributed by atoms with Crippen LogP contribution in [0.25, 0.3) is 0 Å². The van der Waals surface area contributed by atoms with Gasteiger partial charge in [-0.1, -0.05) is 54.1 Å². The van der Waals surface area contributed by atoms with Crippen LogP contribution in [0.3, 0.4) is 0 Å². The van der Waals surface area contributed by atoms with Crippen LogP contribution in [0.4, 0.5) is 0 Å². The van der Waals surface area contributed by atoms with E-state index in [2.05, 4.69) is 17.4 Å². The Morgan fingerprint density at radius 2 is 1.81 bits per heavy atom. The first-order valence-corrected chi connectivity index (χ1v) is 9.31. The second-order valence-corrected chi connectivity index (χ2v) is 7.07. The van der Waals surface area contributed by atoms with E-state index >= 15 is 0 Å². The maximum atomic E-state index is 12.6. The second-order valence-electron chi connectivity index (χ2n) is 6.67. The van der Waals surface area contributed by atoms with Crippen molar-refractivity contribution in [2.45, 2.75) is 31.3 Å². The molecule has 1 fully saturated rings. The topological polar surface area (TPSA) is 47.6 Å². The Hall–Kier alpha value is -2.04. The Morgan fingerprint density at radius 3 is 2.50 bits per heavy atom. The van der Waals surface area contributed by atoms with Gasteiger partial charge in [-0.05, 0) is 37.5 Å². The highest BCUT2D eigenvalue weighted by Crippen LogP contribution is 2.34. The second kappa shape index (κ2) is 8.56. The van der Waals surface area contributed by atoms with E-state index in [1.54, 1.807) is 19.1 Å². The molecular formula is C21H24ClNO3. The summed E-state index contributed by atoms with van der Waals surface area (Å²) in [6, 6.07) is 17.5. The highest BCUT2D eigenvalue weighted by Gasteiger charge is 2.35. The van der Waals surface area contributed by atoms with Crippen LogP contribution >= 0.6 is 11.6 Å². The molecule has 1 aliphatic rings. The number of para-hydroxylation sites is 1. The zero-order chi connectivity index (χ0) is 18.4. The lowest BCUT2D eigenvalue weighted by Gasteiger charge is -2.38. The first kappa shape index (κ1) is 18.7. The van der Waals surface area contributed by atoms with Gasteiger partial charge in [-0.25, -0.2) is 0 Å². The summed E-state index contributed by atoms with van der Waals surface area (Å²) in [6.45, 7) is 3.71. The molecule has 5 heteroatoms. The smallest absolute Gasteiger partial charge is 0.260 e. The molecule has 0 aliphatic carbocycles. The maximum absolute atomic E-state index is 12.6. The summed E-state index contributed by atoms with van der Waals surface area (Å²) in [4.78, 5) is 12.6. The molecule has 3 rings (SSSR count). The van der Waals surface area contributed by atoms with Gasteiger partial charge in [-0.2, -0.15) is 0 Å². The minimum Gasteiger partial charge on any atom is -0.479 e. The lowest BCUT2D eigenvalue weighted by atomic mass is 9.74. The predicted molar refractivity (Wildman–Crippen MR) is 103 cm³/mol. The third kappa shape index (κ3) is 4.37. The van der Waals surface area contributed by atoms with Crippen molar-refractivity contribution in [3.63, 3.8) is 0 Å². The van der Waals surface area contributed by atoms with Crippen LogP contribution in [0.1, 0.15) is 25.3 Å². The molecule has 0 unspecified atom stereocenters. The zero-order valence-corrected chi connectivity index (χ0v) is 15.7. The maximum Gasteiger partial charge on any atom is 0.260 e. The van der Waals surface area contributed by atoms with Crippen molar-refractivity contribution in [3.05, 3.63) is 65.2 Å². The standard InChI is InChI=1S/C21H24ClNO3/c1-16(26-19-10-6-5-9-18(19)22)20(24)23-15-21(11-13-25-14-12-21)17-7-3-2-4-8-17/h2-10,16H,11-15H2,1H3,(H,23,24)/t16-/m0/s1. The van der Waals surface area contributed by atoms with Gasteiger partial charge in [0.2, 0.25) is 0 Å². The van der Waals surface area contributed by atoms with Crippen molar-refractivity contribution in [1.29, 1.82) is 0 Å². The van der Waals surface area contributed by atoms with Gasteiger partial charge in [0.05, 0.1) is 5.02 Å². The molecule has 0 bridgehead atoms. The summed E-state index contributed by atoms with van der Waals surface area (Å²) < 4.78 is 11.3. The Balaban J connectivity index is 1.65. The zero-order valence-electron chi connectivity index (χ0n) is 14.9. The number of carbonyl (C=O) groups excluding carboxylic acids is 1. The number of hydrogen-bond acceptors (Lipinski definition) is 3. The average Bonchev–Trinajstić information content (AvgIpc) is 2.69. The van der Waals surface area contributed by atoms with Crippen molar-refractivity contribution >= 4 is 17.5 Å². The number of amides is 1. The van der Waals surface area contributed by atoms with Crippen molar-refractivity contribution in [1.82, 2.24) is 5.32 Å². The third-order valence-corrected chi connectivity index (χ3v) is 5.26. The third-order valence-electron chi connectivity index (χ3n) is 4.95. The fraction of sp³-hybridized carbons (Fsp3) is 0.381. The molecule has 26 heavy (non-hydrogen) atoms. The van der Waals surface area contributed by atoms with E-state index in [9.17, 15) is 4.79 Å². The fourth-order valence-corrected chi connectivity index (χ4v) is 3.49. The normalized spacial score (nSPS) is 17.3. The Labute approximate surface area is 159 Å². The molecule has 0 spiro atoms. The molecule has 1 atom stereocenters. The van der Waals surface area contributed by atoms with E-state index in [0.29, 0.717) is 30.5 Å². The van der Waals surface area contributed by atoms with Gasteiger partial charge in [0.25, 0.3) is 5.91 Å². The molecule has 1 N–H and O–H groups in total. The van der Waals surface area contributed by atoms with Crippen LogP contribution in [-0.2, 0) is 14.9 Å². The van der Waals surface area contributed by atoms with Gasteiger partial charge in [-0.15, -0.1) is 0 Å². The molecule has 1 saturated heterocycles. The van der Waals surface area contributed by atoms with E-state index in [1.165, 1.54) is 5.56 Å². The van der Waals surface area contributed by atoms with Crippen LogP contribution in [0, 0.1) is 0 Å². The summed E-state index contributed by atoms with van der Waals surface area (Å²) in [7, 11) is 0. The van der Waals surface area contributed by atoms with Crippen LogP contribution in [0.2, 0.25) is 5.02 Å². The molecule has 1 heterocycles. The molecule has 2 aromatic rings.